The predicted molar refractivity (Wildman–Crippen MR) is 117 cm³/mol. The van der Waals surface area contributed by atoms with Gasteiger partial charge in [0.1, 0.15) is 6.04 Å². The molecule has 1 heterocycles. The van der Waals surface area contributed by atoms with Gasteiger partial charge in [-0.3, -0.25) is 14.6 Å². The number of halogens is 1. The average molecular weight is 426 g/mol. The van der Waals surface area contributed by atoms with Crippen molar-refractivity contribution in [1.29, 1.82) is 0 Å². The quantitative estimate of drug-likeness (QED) is 0.534. The van der Waals surface area contributed by atoms with Crippen LogP contribution in [0.4, 0.5) is 5.69 Å². The number of benzene rings is 2. The number of nitrogens with zero attached hydrogens (tertiary/aromatic N) is 1. The third kappa shape index (κ3) is 6.07. The van der Waals surface area contributed by atoms with Gasteiger partial charge >= 0.3 is 0 Å². The summed E-state index contributed by atoms with van der Waals surface area (Å²) in [4.78, 5) is 29.9. The Hall–Kier alpha value is -2.83. The van der Waals surface area contributed by atoms with Gasteiger partial charge in [-0.05, 0) is 55.0 Å². The minimum Gasteiger partial charge on any atom is -0.340 e. The number of hydrogen-bond donors (Lipinski definition) is 2. The van der Waals surface area contributed by atoms with E-state index in [0.29, 0.717) is 16.3 Å². The van der Waals surface area contributed by atoms with E-state index in [1.165, 1.54) is 0 Å². The van der Waals surface area contributed by atoms with E-state index in [9.17, 15) is 9.59 Å². The predicted octanol–water partition coefficient (Wildman–Crippen LogP) is 4.78. The maximum Gasteiger partial charge on any atom is 0.253 e. The Kier molecular flexibility index (Phi) is 7.27. The van der Waals surface area contributed by atoms with Crippen molar-refractivity contribution in [2.45, 2.75) is 23.6 Å². The highest BCUT2D eigenvalue weighted by Gasteiger charge is 2.18. The molecule has 0 aliphatic rings. The number of carbonyl (C=O) groups excluding carboxylic acids is 2. The molecular weight excluding hydrogens is 406 g/mol. The molecule has 0 spiro atoms. The minimum absolute atomic E-state index is 0.304. The maximum absolute atomic E-state index is 12.4. The Balaban J connectivity index is 1.52. The fraction of sp³-hybridized carbons (Fsp3) is 0.136. The van der Waals surface area contributed by atoms with Crippen LogP contribution in [0, 0.1) is 0 Å². The molecule has 7 heteroatoms. The Morgan fingerprint density at radius 3 is 2.52 bits per heavy atom. The molecule has 2 aromatic carbocycles. The summed E-state index contributed by atoms with van der Waals surface area (Å²) in [7, 11) is 0. The Morgan fingerprint density at radius 2 is 1.83 bits per heavy atom. The number of rotatable bonds is 7. The summed E-state index contributed by atoms with van der Waals surface area (Å²) in [5, 5.41) is 5.81. The molecule has 0 aliphatic heterocycles. The molecule has 0 saturated heterocycles. The molecule has 148 valence electrons. The molecule has 0 bridgehead atoms. The molecule has 3 rings (SSSR count). The van der Waals surface area contributed by atoms with Crippen molar-refractivity contribution in [2.24, 2.45) is 0 Å². The first-order valence-corrected chi connectivity index (χ1v) is 10.4. The number of pyridine rings is 1. The fourth-order valence-corrected chi connectivity index (χ4v) is 3.57. The zero-order valence-electron chi connectivity index (χ0n) is 15.8. The maximum atomic E-state index is 12.4. The highest BCUT2D eigenvalue weighted by molar-refractivity contribution is 7.98. The SMILES string of the molecule is C[C@H](NC(=O)c1ccccc1Cl)C(=O)Nc1ccc(SCc2cccnc2)cc1. The van der Waals surface area contributed by atoms with Crippen molar-refractivity contribution >= 4 is 40.9 Å². The van der Waals surface area contributed by atoms with Gasteiger partial charge in [0.05, 0.1) is 10.6 Å². The lowest BCUT2D eigenvalue weighted by molar-refractivity contribution is -0.117. The van der Waals surface area contributed by atoms with E-state index in [1.54, 1.807) is 49.1 Å². The molecule has 0 radical (unpaired) electrons. The van der Waals surface area contributed by atoms with Crippen molar-refractivity contribution in [2.75, 3.05) is 5.32 Å². The second-order valence-corrected chi connectivity index (χ2v) is 7.79. The molecule has 5 nitrogen and oxygen atoms in total. The average Bonchev–Trinajstić information content (AvgIpc) is 2.74. The van der Waals surface area contributed by atoms with Gasteiger partial charge in [0.15, 0.2) is 0 Å². The number of anilines is 1. The minimum atomic E-state index is -0.710. The second-order valence-electron chi connectivity index (χ2n) is 6.34. The summed E-state index contributed by atoms with van der Waals surface area (Å²) in [5.74, 6) is 0.131. The van der Waals surface area contributed by atoms with Crippen LogP contribution in [0.3, 0.4) is 0 Å². The van der Waals surface area contributed by atoms with Crippen LogP contribution in [0.2, 0.25) is 5.02 Å². The molecule has 0 fully saturated rings. The summed E-state index contributed by atoms with van der Waals surface area (Å²) in [6.45, 7) is 1.63. The summed E-state index contributed by atoms with van der Waals surface area (Å²) < 4.78 is 0. The van der Waals surface area contributed by atoms with Crippen LogP contribution >= 0.6 is 23.4 Å². The van der Waals surface area contributed by atoms with Crippen molar-refractivity contribution < 1.29 is 9.59 Å². The van der Waals surface area contributed by atoms with Gasteiger partial charge in [-0.1, -0.05) is 29.8 Å². The van der Waals surface area contributed by atoms with Gasteiger partial charge in [0, 0.05) is 28.7 Å². The topological polar surface area (TPSA) is 71.1 Å². The van der Waals surface area contributed by atoms with Gasteiger partial charge < -0.3 is 10.6 Å². The van der Waals surface area contributed by atoms with E-state index in [4.69, 9.17) is 11.6 Å². The molecule has 29 heavy (non-hydrogen) atoms. The largest absolute Gasteiger partial charge is 0.340 e. The van der Waals surface area contributed by atoms with E-state index in [0.717, 1.165) is 16.2 Å². The number of nitrogens with one attached hydrogen (secondary N) is 2. The van der Waals surface area contributed by atoms with Gasteiger partial charge in [-0.15, -0.1) is 11.8 Å². The summed E-state index contributed by atoms with van der Waals surface area (Å²) >= 11 is 7.72. The van der Waals surface area contributed by atoms with Crippen molar-refractivity contribution in [3.8, 4) is 0 Å². The van der Waals surface area contributed by atoms with Crippen LogP contribution in [-0.4, -0.2) is 22.8 Å². The van der Waals surface area contributed by atoms with E-state index in [-0.39, 0.29) is 11.8 Å². The normalized spacial score (nSPS) is 11.5. The van der Waals surface area contributed by atoms with E-state index < -0.39 is 6.04 Å². The smallest absolute Gasteiger partial charge is 0.253 e. The van der Waals surface area contributed by atoms with Crippen LogP contribution in [0.15, 0.2) is 78.0 Å². The molecule has 3 aromatic rings. The first kappa shape index (κ1) is 20.9. The Morgan fingerprint density at radius 1 is 1.07 bits per heavy atom. The number of aromatic nitrogens is 1. The Bertz CT molecular complexity index is 981. The molecule has 2 N–H and O–H groups in total. The van der Waals surface area contributed by atoms with Gasteiger partial charge in [0.2, 0.25) is 5.91 Å². The van der Waals surface area contributed by atoms with E-state index in [1.807, 2.05) is 42.6 Å². The molecule has 0 unspecified atom stereocenters. The van der Waals surface area contributed by atoms with Crippen LogP contribution in [0.25, 0.3) is 0 Å². The standard InChI is InChI=1S/C22H20ClN3O2S/c1-15(25-22(28)19-6-2-3-7-20(19)23)21(27)26-17-8-10-18(11-9-17)29-14-16-5-4-12-24-13-16/h2-13,15H,14H2,1H3,(H,25,28)(H,26,27)/t15-/m0/s1. The zero-order chi connectivity index (χ0) is 20.6. The van der Waals surface area contributed by atoms with Crippen molar-refractivity contribution in [3.63, 3.8) is 0 Å². The summed E-state index contributed by atoms with van der Waals surface area (Å²) in [6, 6.07) is 17.5. The Labute approximate surface area is 178 Å². The molecular formula is C22H20ClN3O2S. The van der Waals surface area contributed by atoms with Crippen molar-refractivity contribution in [3.05, 3.63) is 89.2 Å². The van der Waals surface area contributed by atoms with Crippen molar-refractivity contribution in [1.82, 2.24) is 10.3 Å². The van der Waals surface area contributed by atoms with Crippen LogP contribution < -0.4 is 10.6 Å². The third-order valence-electron chi connectivity index (χ3n) is 4.11. The van der Waals surface area contributed by atoms with Gasteiger partial charge in [-0.25, -0.2) is 0 Å². The lowest BCUT2D eigenvalue weighted by atomic mass is 10.2. The van der Waals surface area contributed by atoms with Crippen LogP contribution in [-0.2, 0) is 10.5 Å². The third-order valence-corrected chi connectivity index (χ3v) is 5.52. The molecule has 0 saturated carbocycles. The lowest BCUT2D eigenvalue weighted by Crippen LogP contribution is -2.41. The number of carbonyl (C=O) groups is 2. The number of hydrogen-bond acceptors (Lipinski definition) is 4. The second kappa shape index (κ2) is 10.1. The number of thioether (sulfide) groups is 1. The summed E-state index contributed by atoms with van der Waals surface area (Å²) in [6.07, 6.45) is 3.60. The van der Waals surface area contributed by atoms with Crippen LogP contribution in [0.5, 0.6) is 0 Å². The molecule has 1 aromatic heterocycles. The van der Waals surface area contributed by atoms with Gasteiger partial charge in [-0.2, -0.15) is 0 Å². The monoisotopic (exact) mass is 425 g/mol. The summed E-state index contributed by atoms with van der Waals surface area (Å²) in [5.41, 5.74) is 2.15. The highest BCUT2D eigenvalue weighted by Crippen LogP contribution is 2.24. The highest BCUT2D eigenvalue weighted by atomic mass is 35.5. The first-order chi connectivity index (χ1) is 14.0. The molecule has 2 amide bonds. The number of amides is 2. The fourth-order valence-electron chi connectivity index (χ4n) is 2.52. The zero-order valence-corrected chi connectivity index (χ0v) is 17.3. The van der Waals surface area contributed by atoms with Gasteiger partial charge in [0.25, 0.3) is 5.91 Å². The lowest BCUT2D eigenvalue weighted by Gasteiger charge is -2.15. The van der Waals surface area contributed by atoms with Crippen LogP contribution in [0.1, 0.15) is 22.8 Å². The molecule has 1 atom stereocenters. The van der Waals surface area contributed by atoms with E-state index in [2.05, 4.69) is 15.6 Å². The molecule has 0 aliphatic carbocycles. The van der Waals surface area contributed by atoms with E-state index >= 15 is 0 Å². The first-order valence-electron chi connectivity index (χ1n) is 9.01.